The zero-order chi connectivity index (χ0) is 19.7. The van der Waals surface area contributed by atoms with Crippen molar-refractivity contribution in [3.8, 4) is 5.69 Å². The lowest BCUT2D eigenvalue weighted by Crippen LogP contribution is -2.41. The predicted octanol–water partition coefficient (Wildman–Crippen LogP) is 5.11. The summed E-state index contributed by atoms with van der Waals surface area (Å²) in [5.74, 6) is 1.65. The van der Waals surface area contributed by atoms with E-state index in [4.69, 9.17) is 0 Å². The van der Waals surface area contributed by atoms with Crippen molar-refractivity contribution in [2.45, 2.75) is 58.9 Å². The van der Waals surface area contributed by atoms with Crippen LogP contribution in [0.4, 0.5) is 5.69 Å². The third-order valence-corrected chi connectivity index (χ3v) is 6.11. The number of nitrogens with one attached hydrogen (secondary N) is 1. The second-order valence-corrected chi connectivity index (χ2v) is 8.41. The minimum atomic E-state index is -0.264. The Bertz CT molecular complexity index is 929. The lowest BCUT2D eigenvalue weighted by atomic mass is 9.76. The topological polar surface area (TPSA) is 55.6 Å². The van der Waals surface area contributed by atoms with Crippen LogP contribution in [0.1, 0.15) is 55.1 Å². The largest absolute Gasteiger partial charge is 0.373 e. The van der Waals surface area contributed by atoms with Gasteiger partial charge in [-0.15, -0.1) is 5.10 Å². The highest BCUT2D eigenvalue weighted by atomic mass is 15.6. The Labute approximate surface area is 167 Å². The molecule has 5 nitrogen and oxygen atoms in total. The molecule has 0 spiro atoms. The number of rotatable bonds is 4. The van der Waals surface area contributed by atoms with Crippen molar-refractivity contribution in [3.63, 3.8) is 0 Å². The molecule has 0 saturated heterocycles. The lowest BCUT2D eigenvalue weighted by Gasteiger charge is -2.40. The summed E-state index contributed by atoms with van der Waals surface area (Å²) in [5, 5.41) is 16.9. The van der Waals surface area contributed by atoms with E-state index in [1.54, 1.807) is 0 Å². The molecule has 3 aromatic rings. The highest BCUT2D eigenvalue weighted by molar-refractivity contribution is 5.50. The molecule has 0 radical (unpaired) electrons. The maximum atomic E-state index is 4.55. The molecule has 0 bridgehead atoms. The van der Waals surface area contributed by atoms with E-state index in [1.807, 2.05) is 4.68 Å². The maximum absolute atomic E-state index is 4.55. The molecular formula is C23H29N5. The van der Waals surface area contributed by atoms with Gasteiger partial charge in [-0.2, -0.15) is 4.68 Å². The molecular weight excluding hydrogens is 346 g/mol. The first-order valence-electron chi connectivity index (χ1n) is 10.2. The summed E-state index contributed by atoms with van der Waals surface area (Å²) in [6.07, 6.45) is 4.37. The zero-order valence-corrected chi connectivity index (χ0v) is 17.2. The monoisotopic (exact) mass is 375 g/mol. The van der Waals surface area contributed by atoms with Gasteiger partial charge in [0.05, 0.1) is 11.2 Å². The van der Waals surface area contributed by atoms with Crippen molar-refractivity contribution in [2.75, 3.05) is 5.32 Å². The number of hydrogen-bond acceptors (Lipinski definition) is 4. The van der Waals surface area contributed by atoms with E-state index in [2.05, 4.69) is 91.0 Å². The van der Waals surface area contributed by atoms with Gasteiger partial charge in [-0.25, -0.2) is 0 Å². The first kappa shape index (κ1) is 18.7. The second-order valence-electron chi connectivity index (χ2n) is 8.41. The molecule has 1 heterocycles. The summed E-state index contributed by atoms with van der Waals surface area (Å²) in [5.41, 5.74) is 5.58. The standard InChI is InChI=1S/C23H29N5/c1-16-8-10-20(11-9-16)24-23(14-12-17(2)13-15-23)22-25-26-27-28(22)21-18(3)6-5-7-19(21)4/h5-11,17,24H,12-15H2,1-4H3. The molecule has 4 rings (SSSR count). The van der Waals surface area contributed by atoms with Gasteiger partial charge >= 0.3 is 0 Å². The number of para-hydroxylation sites is 1. The number of nitrogens with zero attached hydrogens (tertiary/aromatic N) is 4. The van der Waals surface area contributed by atoms with Crippen LogP contribution in [-0.2, 0) is 5.54 Å². The summed E-state index contributed by atoms with van der Waals surface area (Å²) in [7, 11) is 0. The third-order valence-electron chi connectivity index (χ3n) is 6.11. The van der Waals surface area contributed by atoms with Gasteiger partial charge in [0.15, 0.2) is 5.82 Å². The van der Waals surface area contributed by atoms with Crippen LogP contribution in [0.3, 0.4) is 0 Å². The molecule has 0 amide bonds. The summed E-state index contributed by atoms with van der Waals surface area (Å²) < 4.78 is 1.96. The van der Waals surface area contributed by atoms with E-state index in [1.165, 1.54) is 29.5 Å². The molecule has 1 aliphatic rings. The molecule has 0 unspecified atom stereocenters. The SMILES string of the molecule is Cc1ccc(NC2(c3nnnn3-c3c(C)cccc3C)CCC(C)CC2)cc1. The van der Waals surface area contributed by atoms with E-state index >= 15 is 0 Å². The van der Waals surface area contributed by atoms with Gasteiger partial charge in [0, 0.05) is 5.69 Å². The van der Waals surface area contributed by atoms with Crippen LogP contribution in [0.25, 0.3) is 5.69 Å². The van der Waals surface area contributed by atoms with Crippen molar-refractivity contribution >= 4 is 5.69 Å². The van der Waals surface area contributed by atoms with E-state index in [9.17, 15) is 0 Å². The molecule has 1 fully saturated rings. The van der Waals surface area contributed by atoms with E-state index in [0.717, 1.165) is 36.0 Å². The Hall–Kier alpha value is -2.69. The fourth-order valence-electron chi connectivity index (χ4n) is 4.35. The number of tetrazole rings is 1. The van der Waals surface area contributed by atoms with Gasteiger partial charge in [-0.05, 0) is 86.1 Å². The van der Waals surface area contributed by atoms with Gasteiger partial charge in [0.1, 0.15) is 0 Å². The molecule has 146 valence electrons. The van der Waals surface area contributed by atoms with Crippen LogP contribution in [0.15, 0.2) is 42.5 Å². The molecule has 5 heteroatoms. The van der Waals surface area contributed by atoms with Gasteiger partial charge < -0.3 is 5.32 Å². The fourth-order valence-corrected chi connectivity index (χ4v) is 4.35. The van der Waals surface area contributed by atoms with E-state index < -0.39 is 0 Å². The van der Waals surface area contributed by atoms with Gasteiger partial charge in [0.2, 0.25) is 0 Å². The first-order valence-corrected chi connectivity index (χ1v) is 10.2. The molecule has 28 heavy (non-hydrogen) atoms. The number of benzene rings is 2. The fraction of sp³-hybridized carbons (Fsp3) is 0.435. The normalized spacial score (nSPS) is 22.2. The number of aryl methyl sites for hydroxylation is 3. The average Bonchev–Trinajstić information content (AvgIpc) is 3.16. The quantitative estimate of drug-likeness (QED) is 0.689. The first-order chi connectivity index (χ1) is 13.5. The Morgan fingerprint density at radius 2 is 1.61 bits per heavy atom. The molecule has 1 N–H and O–H groups in total. The Kier molecular flexibility index (Phi) is 4.92. The summed E-state index contributed by atoms with van der Waals surface area (Å²) in [6.45, 7) is 8.70. The van der Waals surface area contributed by atoms with Crippen LogP contribution in [0.2, 0.25) is 0 Å². The van der Waals surface area contributed by atoms with Crippen LogP contribution in [0.5, 0.6) is 0 Å². The zero-order valence-electron chi connectivity index (χ0n) is 17.2. The molecule has 0 atom stereocenters. The van der Waals surface area contributed by atoms with Gasteiger partial charge in [0.25, 0.3) is 0 Å². The van der Waals surface area contributed by atoms with Gasteiger partial charge in [-0.1, -0.05) is 42.8 Å². The summed E-state index contributed by atoms with van der Waals surface area (Å²) in [4.78, 5) is 0. The Morgan fingerprint density at radius 3 is 2.25 bits per heavy atom. The maximum Gasteiger partial charge on any atom is 0.181 e. The van der Waals surface area contributed by atoms with Crippen LogP contribution < -0.4 is 5.32 Å². The van der Waals surface area contributed by atoms with Crippen LogP contribution in [0, 0.1) is 26.7 Å². The second kappa shape index (κ2) is 7.38. The summed E-state index contributed by atoms with van der Waals surface area (Å²) >= 11 is 0. The molecule has 0 aliphatic heterocycles. The van der Waals surface area contributed by atoms with Crippen molar-refractivity contribution in [1.29, 1.82) is 0 Å². The van der Waals surface area contributed by atoms with Crippen molar-refractivity contribution < 1.29 is 0 Å². The Morgan fingerprint density at radius 1 is 0.964 bits per heavy atom. The van der Waals surface area contributed by atoms with Crippen molar-refractivity contribution in [2.24, 2.45) is 5.92 Å². The average molecular weight is 376 g/mol. The van der Waals surface area contributed by atoms with E-state index in [-0.39, 0.29) is 5.54 Å². The van der Waals surface area contributed by atoms with Crippen LogP contribution >= 0.6 is 0 Å². The smallest absolute Gasteiger partial charge is 0.181 e. The third kappa shape index (κ3) is 3.41. The number of hydrogen-bond donors (Lipinski definition) is 1. The minimum absolute atomic E-state index is 0.264. The van der Waals surface area contributed by atoms with Crippen LogP contribution in [-0.4, -0.2) is 20.2 Å². The summed E-state index contributed by atoms with van der Waals surface area (Å²) in [6, 6.07) is 14.9. The molecule has 1 aliphatic carbocycles. The van der Waals surface area contributed by atoms with Crippen molar-refractivity contribution in [1.82, 2.24) is 20.2 Å². The number of aromatic nitrogens is 4. The molecule has 1 saturated carbocycles. The Balaban J connectivity index is 1.80. The lowest BCUT2D eigenvalue weighted by molar-refractivity contribution is 0.255. The van der Waals surface area contributed by atoms with E-state index in [0.29, 0.717) is 0 Å². The van der Waals surface area contributed by atoms with Crippen molar-refractivity contribution in [3.05, 3.63) is 65.0 Å². The highest BCUT2D eigenvalue weighted by Crippen LogP contribution is 2.42. The predicted molar refractivity (Wildman–Crippen MR) is 113 cm³/mol. The minimum Gasteiger partial charge on any atom is -0.373 e. The molecule has 1 aromatic heterocycles. The number of anilines is 1. The molecule has 2 aromatic carbocycles. The highest BCUT2D eigenvalue weighted by Gasteiger charge is 2.41. The van der Waals surface area contributed by atoms with Gasteiger partial charge in [-0.3, -0.25) is 0 Å².